The first-order valence-corrected chi connectivity index (χ1v) is 13.1. The summed E-state index contributed by atoms with van der Waals surface area (Å²) in [5.74, 6) is 0. The first-order chi connectivity index (χ1) is 18.2. The molecule has 4 aromatic heterocycles. The second-order valence-corrected chi connectivity index (χ2v) is 9.68. The number of hydrogen-bond donors (Lipinski definition) is 2. The molecule has 0 radical (unpaired) electrons. The third-order valence-corrected chi connectivity index (χ3v) is 4.30. The van der Waals surface area contributed by atoms with Crippen LogP contribution in [0.3, 0.4) is 0 Å². The molecular weight excluding hydrogens is 520 g/mol. The van der Waals surface area contributed by atoms with Crippen LogP contribution in [0.4, 0.5) is 0 Å². The van der Waals surface area contributed by atoms with Gasteiger partial charge in [0.25, 0.3) is 0 Å². The second-order valence-electron chi connectivity index (χ2n) is 9.68. The van der Waals surface area contributed by atoms with Crippen molar-refractivity contribution in [2.75, 3.05) is 56.4 Å². The van der Waals surface area contributed by atoms with Crippen LogP contribution in [0.25, 0.3) is 0 Å². The first kappa shape index (κ1) is 38.8. The van der Waals surface area contributed by atoms with Gasteiger partial charge in [0.1, 0.15) is 0 Å². The fraction of sp³-hybridized carbons (Fsp3) is 0.467. The van der Waals surface area contributed by atoms with Crippen LogP contribution in [0.2, 0.25) is 0 Å². The Kier molecular flexibility index (Phi) is 24.6. The molecule has 0 saturated heterocycles. The van der Waals surface area contributed by atoms with E-state index in [9.17, 15) is 0 Å². The van der Waals surface area contributed by atoms with Crippen LogP contribution in [-0.2, 0) is 47.9 Å². The largest absolute Gasteiger partial charge is 0.667 e. The minimum atomic E-state index is 0. The minimum absolute atomic E-state index is 0. The molecule has 2 N–H and O–H groups in total. The van der Waals surface area contributed by atoms with Crippen LogP contribution in [-0.4, -0.2) is 85.9 Å². The summed E-state index contributed by atoms with van der Waals surface area (Å²) in [4.78, 5) is 23.3. The van der Waals surface area contributed by atoms with Crippen LogP contribution < -0.4 is 9.97 Å². The zero-order valence-electron chi connectivity index (χ0n) is 25.9. The summed E-state index contributed by atoms with van der Waals surface area (Å²) in [6.07, 6.45) is 7.56. The molecule has 0 fully saturated rings. The van der Waals surface area contributed by atoms with Gasteiger partial charge in [-0.15, -0.1) is 11.4 Å². The monoisotopic (exact) mass is 572 g/mol. The molecule has 0 aliphatic rings. The molecule has 8 nitrogen and oxygen atoms in total. The maximum atomic E-state index is 4.22. The standard InChI is InChI=1S/C11H15N3.C11H13N3.2C3H9N.C2H6.Ti/c2*1-14(8-10-4-2-6-12-10)9-11-5-3-7-13-11;2*1-4(2)3;1-2;/h2-7,12-13H,8-9H2,1H3;2-7H,8-9H2,1H3;2*1-3H3;1-2H3;/q;-2;;;;. The maximum absolute atomic E-state index is 4.22. The van der Waals surface area contributed by atoms with E-state index >= 15 is 0 Å². The number of aromatic amines is 2. The van der Waals surface area contributed by atoms with Gasteiger partial charge in [0.15, 0.2) is 0 Å². The fourth-order valence-corrected chi connectivity index (χ4v) is 3.04. The zero-order chi connectivity index (χ0) is 28.8. The third kappa shape index (κ3) is 23.3. The Balaban J connectivity index is 0. The summed E-state index contributed by atoms with van der Waals surface area (Å²) in [5, 5.41) is 0. The third-order valence-electron chi connectivity index (χ3n) is 4.30. The predicted molar refractivity (Wildman–Crippen MR) is 162 cm³/mol. The molecule has 0 unspecified atom stereocenters. The van der Waals surface area contributed by atoms with E-state index in [4.69, 9.17) is 0 Å². The van der Waals surface area contributed by atoms with Gasteiger partial charge in [0.2, 0.25) is 0 Å². The summed E-state index contributed by atoms with van der Waals surface area (Å²) < 4.78 is 0. The van der Waals surface area contributed by atoms with Crippen molar-refractivity contribution in [3.05, 3.63) is 96.1 Å². The maximum Gasteiger partial charge on any atom is 0.0386 e. The SMILES string of the molecule is CC.CN(C)C.CN(C)C.CN(Cc1ccc[n-]1)Cc1ccc[n-]1.CN(Cc1ccc[nH]1)Cc1ccc[nH]1.[Ti]. The van der Waals surface area contributed by atoms with Gasteiger partial charge < -0.3 is 34.6 Å². The van der Waals surface area contributed by atoms with Crippen molar-refractivity contribution >= 4 is 0 Å². The van der Waals surface area contributed by atoms with E-state index in [0.717, 1.165) is 37.6 Å². The topological polar surface area (TPSA) is 72.7 Å². The van der Waals surface area contributed by atoms with Gasteiger partial charge in [0, 0.05) is 71.7 Å². The average molecular weight is 573 g/mol. The van der Waals surface area contributed by atoms with Gasteiger partial charge in [-0.3, -0.25) is 4.90 Å². The second kappa shape index (κ2) is 24.7. The molecule has 4 heterocycles. The van der Waals surface area contributed by atoms with E-state index in [1.54, 1.807) is 0 Å². The Labute approximate surface area is 253 Å². The first-order valence-electron chi connectivity index (χ1n) is 13.1. The molecule has 0 atom stereocenters. The quantitative estimate of drug-likeness (QED) is 0.301. The van der Waals surface area contributed by atoms with Crippen LogP contribution in [0.5, 0.6) is 0 Å². The van der Waals surface area contributed by atoms with E-state index in [1.807, 2.05) is 127 Å². The fourth-order valence-electron chi connectivity index (χ4n) is 3.04. The van der Waals surface area contributed by atoms with Gasteiger partial charge in [0.05, 0.1) is 0 Å². The number of aromatic nitrogens is 4. The molecule has 4 aromatic rings. The number of rotatable bonds is 8. The molecule has 0 aromatic carbocycles. The molecule has 0 aliphatic carbocycles. The van der Waals surface area contributed by atoms with Gasteiger partial charge in [-0.05, 0) is 80.6 Å². The summed E-state index contributed by atoms with van der Waals surface area (Å²) in [6.45, 7) is 7.65. The molecule has 0 aliphatic heterocycles. The van der Waals surface area contributed by atoms with Gasteiger partial charge in [-0.1, -0.05) is 38.1 Å². The van der Waals surface area contributed by atoms with Crippen LogP contribution in [0.1, 0.15) is 36.6 Å². The van der Waals surface area contributed by atoms with E-state index in [1.165, 1.54) is 11.4 Å². The number of H-pyrrole nitrogens is 2. The summed E-state index contributed by atoms with van der Waals surface area (Å²) >= 11 is 0. The van der Waals surface area contributed by atoms with Gasteiger partial charge in [-0.25, -0.2) is 0 Å². The smallest absolute Gasteiger partial charge is 0.0386 e. The zero-order valence-corrected chi connectivity index (χ0v) is 27.5. The Bertz CT molecular complexity index is 789. The van der Waals surface area contributed by atoms with Crippen molar-refractivity contribution in [2.45, 2.75) is 40.0 Å². The molecule has 0 spiro atoms. The summed E-state index contributed by atoms with van der Waals surface area (Å²) in [5.41, 5.74) is 4.72. The van der Waals surface area contributed by atoms with Crippen molar-refractivity contribution in [3.8, 4) is 0 Å². The Morgan fingerprint density at radius 3 is 1.13 bits per heavy atom. The molecule has 4 rings (SSSR count). The Hall–Kier alpha value is -2.33. The van der Waals surface area contributed by atoms with Crippen molar-refractivity contribution in [1.29, 1.82) is 0 Å². The Morgan fingerprint density at radius 1 is 0.538 bits per heavy atom. The van der Waals surface area contributed by atoms with E-state index in [-0.39, 0.29) is 21.7 Å². The Morgan fingerprint density at radius 2 is 0.872 bits per heavy atom. The van der Waals surface area contributed by atoms with Crippen molar-refractivity contribution in [2.24, 2.45) is 0 Å². The van der Waals surface area contributed by atoms with Crippen LogP contribution in [0.15, 0.2) is 73.3 Å². The molecule has 218 valence electrons. The average Bonchev–Trinajstić information content (AvgIpc) is 3.65. The molecule has 9 heteroatoms. The number of hydrogen-bond acceptors (Lipinski definition) is 4. The molecule has 0 bridgehead atoms. The van der Waals surface area contributed by atoms with Crippen LogP contribution in [0, 0.1) is 0 Å². The van der Waals surface area contributed by atoms with Gasteiger partial charge in [-0.2, -0.15) is 12.4 Å². The summed E-state index contributed by atoms with van der Waals surface area (Å²) in [7, 11) is 16.2. The molecule has 0 saturated carbocycles. The molecule has 0 amide bonds. The van der Waals surface area contributed by atoms with E-state index in [0.29, 0.717) is 0 Å². The van der Waals surface area contributed by atoms with Crippen molar-refractivity contribution < 1.29 is 21.7 Å². The minimum Gasteiger partial charge on any atom is -0.667 e. The molecule has 39 heavy (non-hydrogen) atoms. The number of nitrogens with one attached hydrogen (secondary N) is 2. The normalized spacial score (nSPS) is 9.90. The van der Waals surface area contributed by atoms with Crippen molar-refractivity contribution in [1.82, 2.24) is 39.5 Å². The van der Waals surface area contributed by atoms with E-state index in [2.05, 4.69) is 56.0 Å². The van der Waals surface area contributed by atoms with Gasteiger partial charge >= 0.3 is 0 Å². The number of nitrogens with zero attached hydrogens (tertiary/aromatic N) is 6. The van der Waals surface area contributed by atoms with E-state index < -0.39 is 0 Å². The summed E-state index contributed by atoms with van der Waals surface area (Å²) in [6, 6.07) is 16.3. The van der Waals surface area contributed by atoms with Crippen LogP contribution >= 0.6 is 0 Å². The van der Waals surface area contributed by atoms with Crippen molar-refractivity contribution in [3.63, 3.8) is 0 Å². The predicted octanol–water partition coefficient (Wildman–Crippen LogP) is 4.59. The molecular formula is C30H52N8Ti-2.